The first kappa shape index (κ1) is 20.6. The van der Waals surface area contributed by atoms with E-state index in [1.807, 2.05) is 0 Å². The van der Waals surface area contributed by atoms with Gasteiger partial charge in [-0.05, 0) is 49.8 Å². The lowest BCUT2D eigenvalue weighted by Crippen LogP contribution is -2.31. The van der Waals surface area contributed by atoms with Crippen LogP contribution < -0.4 is 9.64 Å². The van der Waals surface area contributed by atoms with Crippen LogP contribution in [0, 0.1) is 0 Å². The number of carboxylic acids is 2. The van der Waals surface area contributed by atoms with Crippen LogP contribution in [-0.4, -0.2) is 46.8 Å². The lowest BCUT2D eigenvalue weighted by atomic mass is 9.92. The summed E-state index contributed by atoms with van der Waals surface area (Å²) in [5.41, 5.74) is 5.24. The van der Waals surface area contributed by atoms with Crippen molar-refractivity contribution < 1.29 is 24.5 Å². The van der Waals surface area contributed by atoms with Crippen molar-refractivity contribution in [3.63, 3.8) is 0 Å². The van der Waals surface area contributed by atoms with Crippen LogP contribution in [0.5, 0.6) is 5.75 Å². The summed E-state index contributed by atoms with van der Waals surface area (Å²) in [5.74, 6) is -1.50. The van der Waals surface area contributed by atoms with Crippen molar-refractivity contribution in [2.24, 2.45) is 0 Å². The van der Waals surface area contributed by atoms with Gasteiger partial charge in [0.25, 0.3) is 0 Å². The smallest absolute Gasteiger partial charge is 0.328 e. The number of aliphatic carboxylic acids is 2. The quantitative estimate of drug-likeness (QED) is 0.764. The van der Waals surface area contributed by atoms with E-state index < -0.39 is 11.9 Å². The molecule has 0 bridgehead atoms. The fraction of sp³-hybridized carbons (Fsp3) is 0.409. The number of fused-ring (bicyclic) bond motifs is 2. The normalized spacial score (nSPS) is 17.7. The van der Waals surface area contributed by atoms with Crippen LogP contribution in [-0.2, 0) is 22.4 Å². The third-order valence-corrected chi connectivity index (χ3v) is 5.20. The number of rotatable bonds is 3. The Bertz CT molecular complexity index is 938. The third-order valence-electron chi connectivity index (χ3n) is 5.20. The van der Waals surface area contributed by atoms with Gasteiger partial charge in [0.1, 0.15) is 11.9 Å². The summed E-state index contributed by atoms with van der Waals surface area (Å²) in [7, 11) is 2.21. The molecule has 2 aliphatic rings. The van der Waals surface area contributed by atoms with Crippen LogP contribution in [0.1, 0.15) is 37.4 Å². The number of ether oxygens (including phenoxy) is 1. The van der Waals surface area contributed by atoms with Crippen molar-refractivity contribution in [2.75, 3.05) is 18.5 Å². The van der Waals surface area contributed by atoms with E-state index in [4.69, 9.17) is 19.9 Å². The molecule has 1 aromatic heterocycles. The Morgan fingerprint density at radius 1 is 1.21 bits per heavy atom. The van der Waals surface area contributed by atoms with Gasteiger partial charge in [-0.25, -0.2) is 9.59 Å². The second-order valence-corrected chi connectivity index (χ2v) is 7.28. The van der Waals surface area contributed by atoms with Gasteiger partial charge in [-0.1, -0.05) is 13.0 Å². The van der Waals surface area contributed by atoms with E-state index in [1.54, 1.807) is 0 Å². The number of benzene rings is 1. The lowest BCUT2D eigenvalue weighted by Gasteiger charge is -2.27. The van der Waals surface area contributed by atoms with Crippen molar-refractivity contribution in [3.05, 3.63) is 41.6 Å². The molecule has 0 saturated heterocycles. The van der Waals surface area contributed by atoms with Gasteiger partial charge >= 0.3 is 11.9 Å². The average Bonchev–Trinajstić information content (AvgIpc) is 2.84. The molecule has 0 spiro atoms. The molecule has 0 saturated carbocycles. The Hall–Kier alpha value is -3.09. The SMILES string of the molecule is CCC1CN(C)c2c3c(nc4cccc(c24)O1)CCCC3.O=C(O)/C=C/C(=O)O. The monoisotopic (exact) mass is 398 g/mol. The van der Waals surface area contributed by atoms with Crippen molar-refractivity contribution in [1.82, 2.24) is 4.98 Å². The molecular formula is C22H26N2O5. The van der Waals surface area contributed by atoms with E-state index in [1.165, 1.54) is 35.2 Å². The van der Waals surface area contributed by atoms with E-state index in [9.17, 15) is 9.59 Å². The van der Waals surface area contributed by atoms with Gasteiger partial charge in [0.2, 0.25) is 0 Å². The first-order chi connectivity index (χ1) is 13.9. The predicted molar refractivity (Wildman–Crippen MR) is 111 cm³/mol. The molecule has 7 nitrogen and oxygen atoms in total. The second kappa shape index (κ2) is 8.94. The maximum Gasteiger partial charge on any atom is 0.328 e. The summed E-state index contributed by atoms with van der Waals surface area (Å²) < 4.78 is 6.26. The fourth-order valence-corrected chi connectivity index (χ4v) is 3.90. The predicted octanol–water partition coefficient (Wildman–Crippen LogP) is 3.43. The molecule has 7 heteroatoms. The average molecular weight is 398 g/mol. The first-order valence-corrected chi connectivity index (χ1v) is 9.86. The standard InChI is InChI=1S/C18H22N2O.C4H4O4/c1-3-12-11-20(2)18-13-7-4-5-8-14(13)19-15-9-6-10-16(21-12)17(15)18;5-3(6)1-2-4(7)8/h6,9-10,12H,3-5,7-8,11H2,1-2H3;1-2H,(H,5,6)(H,7,8)/b;2-1+. The molecule has 0 radical (unpaired) electrons. The van der Waals surface area contributed by atoms with Gasteiger partial charge < -0.3 is 19.8 Å². The van der Waals surface area contributed by atoms with E-state index in [0.29, 0.717) is 12.2 Å². The molecule has 1 atom stereocenters. The fourth-order valence-electron chi connectivity index (χ4n) is 3.90. The van der Waals surface area contributed by atoms with Gasteiger partial charge in [-0.15, -0.1) is 0 Å². The van der Waals surface area contributed by atoms with Crippen LogP contribution in [0.2, 0.25) is 0 Å². The molecule has 0 fully saturated rings. The molecular weight excluding hydrogens is 372 g/mol. The number of hydrogen-bond donors (Lipinski definition) is 2. The van der Waals surface area contributed by atoms with Gasteiger partial charge in [-0.3, -0.25) is 4.98 Å². The molecule has 154 valence electrons. The van der Waals surface area contributed by atoms with Crippen LogP contribution in [0.25, 0.3) is 10.9 Å². The maximum atomic E-state index is 9.55. The number of carbonyl (C=O) groups is 2. The molecule has 4 rings (SSSR count). The zero-order valence-electron chi connectivity index (χ0n) is 16.7. The minimum atomic E-state index is -1.26. The number of pyridine rings is 1. The van der Waals surface area contributed by atoms with Crippen LogP contribution >= 0.6 is 0 Å². The Labute approximate surface area is 169 Å². The molecule has 29 heavy (non-hydrogen) atoms. The highest BCUT2D eigenvalue weighted by atomic mass is 16.5. The topological polar surface area (TPSA) is 100.0 Å². The summed E-state index contributed by atoms with van der Waals surface area (Å²) in [6, 6.07) is 6.30. The zero-order chi connectivity index (χ0) is 21.0. The highest BCUT2D eigenvalue weighted by Gasteiger charge is 2.27. The van der Waals surface area contributed by atoms with E-state index in [2.05, 4.69) is 37.1 Å². The van der Waals surface area contributed by atoms with E-state index in [-0.39, 0.29) is 6.10 Å². The molecule has 2 heterocycles. The van der Waals surface area contributed by atoms with Gasteiger partial charge in [0, 0.05) is 24.9 Å². The third kappa shape index (κ3) is 4.67. The number of hydrogen-bond acceptors (Lipinski definition) is 5. The Kier molecular flexibility index (Phi) is 6.36. The number of aromatic nitrogens is 1. The summed E-state index contributed by atoms with van der Waals surface area (Å²) >= 11 is 0. The molecule has 0 amide bonds. The number of nitrogens with zero attached hydrogens (tertiary/aromatic N) is 2. The number of likely N-dealkylation sites (N-methyl/N-ethyl adjacent to an activating group) is 1. The second-order valence-electron chi connectivity index (χ2n) is 7.28. The number of anilines is 1. The minimum absolute atomic E-state index is 0.257. The minimum Gasteiger partial charge on any atom is -0.488 e. The van der Waals surface area contributed by atoms with Crippen molar-refractivity contribution in [3.8, 4) is 5.75 Å². The highest BCUT2D eigenvalue weighted by molar-refractivity contribution is 5.99. The Morgan fingerprint density at radius 3 is 2.55 bits per heavy atom. The van der Waals surface area contributed by atoms with Crippen LogP contribution in [0.4, 0.5) is 5.69 Å². The molecule has 2 N–H and O–H groups in total. The molecule has 1 aliphatic carbocycles. The summed E-state index contributed by atoms with van der Waals surface area (Å²) in [4.78, 5) is 26.4. The van der Waals surface area contributed by atoms with E-state index in [0.717, 1.165) is 37.1 Å². The molecule has 2 aromatic rings. The van der Waals surface area contributed by atoms with Gasteiger partial charge in [0.15, 0.2) is 0 Å². The first-order valence-electron chi connectivity index (χ1n) is 9.86. The maximum absolute atomic E-state index is 9.55. The Balaban J connectivity index is 0.000000258. The van der Waals surface area contributed by atoms with E-state index >= 15 is 0 Å². The van der Waals surface area contributed by atoms with Gasteiger partial charge in [-0.2, -0.15) is 0 Å². The lowest BCUT2D eigenvalue weighted by molar-refractivity contribution is -0.134. The summed E-state index contributed by atoms with van der Waals surface area (Å²) in [6.07, 6.45) is 7.23. The van der Waals surface area contributed by atoms with Crippen LogP contribution in [0.15, 0.2) is 30.4 Å². The van der Waals surface area contributed by atoms with Crippen molar-refractivity contribution in [2.45, 2.75) is 45.1 Å². The largest absolute Gasteiger partial charge is 0.488 e. The zero-order valence-corrected chi connectivity index (χ0v) is 16.7. The van der Waals surface area contributed by atoms with Crippen LogP contribution in [0.3, 0.4) is 0 Å². The number of carboxylic acid groups (broad SMARTS) is 2. The summed E-state index contributed by atoms with van der Waals surface area (Å²) in [6.45, 7) is 3.15. The van der Waals surface area contributed by atoms with Crippen molar-refractivity contribution in [1.29, 1.82) is 0 Å². The summed E-state index contributed by atoms with van der Waals surface area (Å²) in [5, 5.41) is 16.8. The molecule has 1 aliphatic heterocycles. The Morgan fingerprint density at radius 2 is 1.90 bits per heavy atom. The molecule has 1 aromatic carbocycles. The highest BCUT2D eigenvalue weighted by Crippen LogP contribution is 2.42. The van der Waals surface area contributed by atoms with Gasteiger partial charge in [0.05, 0.1) is 23.1 Å². The molecule has 1 unspecified atom stereocenters. The number of aryl methyl sites for hydroxylation is 1. The van der Waals surface area contributed by atoms with Crippen molar-refractivity contribution >= 4 is 28.5 Å².